The largest absolute Gasteiger partial charge is 0.508 e. The van der Waals surface area contributed by atoms with E-state index in [1.54, 1.807) is 24.3 Å². The molecule has 0 heterocycles. The fourth-order valence-electron chi connectivity index (χ4n) is 2.91. The first kappa shape index (κ1) is 30.0. The normalized spacial score (nSPS) is 10.8. The number of nitrogens with one attached hydrogen (secondary N) is 4. The van der Waals surface area contributed by atoms with Crippen LogP contribution in [-0.4, -0.2) is 63.4 Å². The van der Waals surface area contributed by atoms with Crippen LogP contribution in [0.25, 0.3) is 0 Å². The van der Waals surface area contributed by atoms with Crippen LogP contribution >= 0.6 is 0 Å². The van der Waals surface area contributed by atoms with Crippen molar-refractivity contribution in [3.8, 4) is 5.75 Å². The monoisotopic (exact) mass is 504 g/mol. The zero-order valence-corrected chi connectivity index (χ0v) is 19.6. The molecular weight excluding hydrogens is 472 g/mol. The van der Waals surface area contributed by atoms with E-state index in [0.717, 1.165) is 12.0 Å². The van der Waals surface area contributed by atoms with Gasteiger partial charge >= 0.3 is 0 Å². The first-order valence-corrected chi connectivity index (χ1v) is 11.1. The lowest BCUT2D eigenvalue weighted by atomic mass is 10.1. The minimum absolute atomic E-state index is 0.147. The van der Waals surface area contributed by atoms with E-state index in [9.17, 15) is 24.3 Å². The second-order valence-electron chi connectivity index (χ2n) is 7.56. The summed E-state index contributed by atoms with van der Waals surface area (Å²) in [5, 5.41) is 39.6. The average molecular weight is 505 g/mol. The number of para-hydroxylation sites is 1. The molecule has 0 aliphatic carbocycles. The SMILES string of the molecule is O=C(CCCc1ccccc1)NC(CO)C(=O)NO.O=C(CNC(=O)CCc1ccccc1O)NO. The van der Waals surface area contributed by atoms with Crippen molar-refractivity contribution >= 4 is 23.6 Å². The Morgan fingerprint density at radius 3 is 2.06 bits per heavy atom. The van der Waals surface area contributed by atoms with Crippen LogP contribution in [0, 0.1) is 0 Å². The fraction of sp³-hybridized carbons (Fsp3) is 0.333. The molecule has 1 unspecified atom stereocenters. The highest BCUT2D eigenvalue weighted by Gasteiger charge is 2.18. The second kappa shape index (κ2) is 17.4. The summed E-state index contributed by atoms with van der Waals surface area (Å²) in [6, 6.07) is 15.4. The number of rotatable bonds is 12. The first-order chi connectivity index (χ1) is 17.3. The van der Waals surface area contributed by atoms with Crippen molar-refractivity contribution in [2.24, 2.45) is 0 Å². The van der Waals surface area contributed by atoms with Gasteiger partial charge in [0.05, 0.1) is 13.2 Å². The molecule has 2 aromatic carbocycles. The van der Waals surface area contributed by atoms with Crippen LogP contribution in [0.4, 0.5) is 0 Å². The standard InChI is InChI=1S/C13H18N2O4.C11H14N2O4/c16-9-11(13(18)15-19)14-12(17)8-4-7-10-5-2-1-3-6-10;14-9-4-2-1-3-8(9)5-6-10(15)12-7-11(16)13-17/h1-3,5-6,11,16,19H,4,7-9H2,(H,14,17)(H,15,18);1-4,14,17H,5-7H2,(H,12,15)(H,13,16). The maximum atomic E-state index is 11.5. The summed E-state index contributed by atoms with van der Waals surface area (Å²) in [5.74, 6) is -2.02. The predicted molar refractivity (Wildman–Crippen MR) is 128 cm³/mol. The number of phenols is 1. The molecule has 0 aliphatic rings. The molecule has 196 valence electrons. The van der Waals surface area contributed by atoms with Crippen LogP contribution in [0.3, 0.4) is 0 Å². The number of amides is 4. The zero-order valence-electron chi connectivity index (χ0n) is 19.6. The third kappa shape index (κ3) is 12.5. The van der Waals surface area contributed by atoms with E-state index >= 15 is 0 Å². The van der Waals surface area contributed by atoms with E-state index in [-0.39, 0.29) is 37.0 Å². The fourth-order valence-corrected chi connectivity index (χ4v) is 2.91. The molecule has 36 heavy (non-hydrogen) atoms. The Kier molecular flexibility index (Phi) is 14.5. The van der Waals surface area contributed by atoms with Gasteiger partial charge in [-0.25, -0.2) is 11.0 Å². The number of aliphatic hydroxyl groups excluding tert-OH is 1. The molecule has 12 heteroatoms. The third-order valence-corrected chi connectivity index (χ3v) is 4.84. The Balaban J connectivity index is 0.000000362. The number of carbonyl (C=O) groups excluding carboxylic acids is 4. The molecule has 2 aromatic rings. The molecule has 0 fully saturated rings. The number of aromatic hydroxyl groups is 1. The van der Waals surface area contributed by atoms with Crippen molar-refractivity contribution in [2.45, 2.75) is 38.1 Å². The number of hydrogen-bond acceptors (Lipinski definition) is 8. The lowest BCUT2D eigenvalue weighted by Gasteiger charge is -2.13. The minimum atomic E-state index is -1.12. The van der Waals surface area contributed by atoms with E-state index in [1.165, 1.54) is 11.0 Å². The summed E-state index contributed by atoms with van der Waals surface area (Å²) >= 11 is 0. The maximum Gasteiger partial charge on any atom is 0.268 e. The number of aryl methyl sites for hydroxylation is 2. The van der Waals surface area contributed by atoms with Gasteiger partial charge in [-0.1, -0.05) is 48.5 Å². The highest BCUT2D eigenvalue weighted by Crippen LogP contribution is 2.16. The van der Waals surface area contributed by atoms with E-state index in [1.807, 2.05) is 30.3 Å². The Labute approximate surface area is 208 Å². The zero-order chi connectivity index (χ0) is 26.8. The van der Waals surface area contributed by atoms with Gasteiger partial charge in [0.1, 0.15) is 11.8 Å². The summed E-state index contributed by atoms with van der Waals surface area (Å²) in [4.78, 5) is 44.5. The predicted octanol–water partition coefficient (Wildman–Crippen LogP) is -0.0618. The van der Waals surface area contributed by atoms with Gasteiger partial charge in [-0.15, -0.1) is 0 Å². The summed E-state index contributed by atoms with van der Waals surface area (Å²) in [7, 11) is 0. The van der Waals surface area contributed by atoms with E-state index in [2.05, 4.69) is 10.6 Å². The molecule has 2 rings (SSSR count). The number of phenolic OH excluding ortho intramolecular Hbond substituents is 1. The Hall–Kier alpha value is -4.00. The van der Waals surface area contributed by atoms with Gasteiger partial charge in [0, 0.05) is 12.8 Å². The molecule has 0 spiro atoms. The van der Waals surface area contributed by atoms with Crippen molar-refractivity contribution in [1.82, 2.24) is 21.6 Å². The van der Waals surface area contributed by atoms with Crippen molar-refractivity contribution in [1.29, 1.82) is 0 Å². The Morgan fingerprint density at radius 1 is 0.778 bits per heavy atom. The third-order valence-electron chi connectivity index (χ3n) is 4.84. The van der Waals surface area contributed by atoms with E-state index in [0.29, 0.717) is 18.4 Å². The highest BCUT2D eigenvalue weighted by molar-refractivity contribution is 5.87. The number of hydrogen-bond donors (Lipinski definition) is 8. The summed E-state index contributed by atoms with van der Waals surface area (Å²) in [6.45, 7) is -0.826. The molecule has 0 radical (unpaired) electrons. The number of carbonyl (C=O) groups is 4. The molecule has 12 nitrogen and oxygen atoms in total. The molecule has 0 saturated carbocycles. The van der Waals surface area contributed by atoms with Crippen molar-refractivity contribution in [3.63, 3.8) is 0 Å². The van der Waals surface area contributed by atoms with Crippen LogP contribution in [0.2, 0.25) is 0 Å². The van der Waals surface area contributed by atoms with Gasteiger partial charge in [-0.3, -0.25) is 29.6 Å². The molecule has 0 aromatic heterocycles. The smallest absolute Gasteiger partial charge is 0.268 e. The molecule has 4 amide bonds. The van der Waals surface area contributed by atoms with Gasteiger partial charge in [-0.2, -0.15) is 0 Å². The van der Waals surface area contributed by atoms with Crippen LogP contribution in [0.5, 0.6) is 5.75 Å². The average Bonchev–Trinajstić information content (AvgIpc) is 2.90. The highest BCUT2D eigenvalue weighted by atomic mass is 16.5. The van der Waals surface area contributed by atoms with Gasteiger partial charge < -0.3 is 20.8 Å². The van der Waals surface area contributed by atoms with E-state index in [4.69, 9.17) is 15.5 Å². The molecule has 0 bridgehead atoms. The molecule has 0 saturated heterocycles. The first-order valence-electron chi connectivity index (χ1n) is 11.1. The number of aliphatic hydroxyl groups is 1. The Morgan fingerprint density at radius 2 is 1.44 bits per heavy atom. The number of hydroxylamine groups is 2. The topological polar surface area (TPSA) is 197 Å². The van der Waals surface area contributed by atoms with Gasteiger partial charge in [-0.05, 0) is 36.5 Å². The van der Waals surface area contributed by atoms with Gasteiger partial charge in [0.2, 0.25) is 11.8 Å². The maximum absolute atomic E-state index is 11.5. The molecule has 8 N–H and O–H groups in total. The number of benzene rings is 2. The minimum Gasteiger partial charge on any atom is -0.508 e. The van der Waals surface area contributed by atoms with Crippen LogP contribution in [-0.2, 0) is 32.0 Å². The quantitative estimate of drug-likeness (QED) is 0.145. The Bertz CT molecular complexity index is 972. The molecule has 0 aliphatic heterocycles. The van der Waals surface area contributed by atoms with Crippen LogP contribution in [0.15, 0.2) is 54.6 Å². The lowest BCUT2D eigenvalue weighted by Crippen LogP contribution is -2.48. The summed E-state index contributed by atoms with van der Waals surface area (Å²) in [5.41, 5.74) is 4.62. The van der Waals surface area contributed by atoms with Gasteiger partial charge in [0.25, 0.3) is 11.8 Å². The van der Waals surface area contributed by atoms with Gasteiger partial charge in [0.15, 0.2) is 0 Å². The van der Waals surface area contributed by atoms with Crippen molar-refractivity contribution in [3.05, 3.63) is 65.7 Å². The molecular formula is C24H32N4O8. The van der Waals surface area contributed by atoms with Crippen LogP contribution in [0.1, 0.15) is 30.4 Å². The summed E-state index contributed by atoms with van der Waals surface area (Å²) < 4.78 is 0. The second-order valence-corrected chi connectivity index (χ2v) is 7.56. The lowest BCUT2D eigenvalue weighted by molar-refractivity contribution is -0.135. The summed E-state index contributed by atoms with van der Waals surface area (Å²) in [6.07, 6.45) is 2.22. The molecule has 1 atom stereocenters. The van der Waals surface area contributed by atoms with Crippen molar-refractivity contribution < 1.29 is 39.8 Å². The van der Waals surface area contributed by atoms with Crippen molar-refractivity contribution in [2.75, 3.05) is 13.2 Å². The van der Waals surface area contributed by atoms with E-state index < -0.39 is 24.5 Å². The van der Waals surface area contributed by atoms with Crippen LogP contribution < -0.4 is 21.6 Å².